The fourth-order valence-electron chi connectivity index (χ4n) is 2.80. The molecular formula is C22H18Cl2N2O3. The summed E-state index contributed by atoms with van der Waals surface area (Å²) in [6.07, 6.45) is 0. The lowest BCUT2D eigenvalue weighted by Gasteiger charge is -2.13. The molecule has 0 aliphatic rings. The molecule has 3 aromatic carbocycles. The van der Waals surface area contributed by atoms with E-state index in [1.807, 2.05) is 13.0 Å². The van der Waals surface area contributed by atoms with Gasteiger partial charge in [-0.3, -0.25) is 9.59 Å². The number of hydrogen-bond donors (Lipinski definition) is 2. The van der Waals surface area contributed by atoms with Gasteiger partial charge < -0.3 is 15.4 Å². The molecule has 29 heavy (non-hydrogen) atoms. The molecule has 7 heteroatoms. The highest BCUT2D eigenvalue weighted by molar-refractivity contribution is 6.36. The van der Waals surface area contributed by atoms with Crippen LogP contribution in [0.25, 0.3) is 0 Å². The van der Waals surface area contributed by atoms with Crippen molar-refractivity contribution in [2.45, 2.75) is 6.92 Å². The van der Waals surface area contributed by atoms with E-state index in [-0.39, 0.29) is 22.2 Å². The lowest BCUT2D eigenvalue weighted by molar-refractivity contribution is 0.101. The molecule has 5 nitrogen and oxygen atoms in total. The number of carbonyl (C=O) groups excluding carboxylic acids is 2. The van der Waals surface area contributed by atoms with Gasteiger partial charge >= 0.3 is 0 Å². The third-order valence-electron chi connectivity index (χ3n) is 4.23. The normalized spacial score (nSPS) is 10.3. The van der Waals surface area contributed by atoms with E-state index in [2.05, 4.69) is 10.6 Å². The lowest BCUT2D eigenvalue weighted by Crippen LogP contribution is -2.15. The summed E-state index contributed by atoms with van der Waals surface area (Å²) in [6, 6.07) is 17.1. The van der Waals surface area contributed by atoms with Crippen LogP contribution in [0.3, 0.4) is 0 Å². The maximum absolute atomic E-state index is 12.7. The Kier molecular flexibility index (Phi) is 6.42. The Morgan fingerprint density at radius 2 is 1.62 bits per heavy atom. The quantitative estimate of drug-likeness (QED) is 0.538. The van der Waals surface area contributed by atoms with Gasteiger partial charge in [-0.2, -0.15) is 0 Å². The molecule has 0 aromatic heterocycles. The van der Waals surface area contributed by atoms with Crippen molar-refractivity contribution in [3.63, 3.8) is 0 Å². The van der Waals surface area contributed by atoms with Gasteiger partial charge in [-0.15, -0.1) is 0 Å². The second-order valence-corrected chi connectivity index (χ2v) is 7.12. The van der Waals surface area contributed by atoms with E-state index in [0.717, 1.165) is 5.56 Å². The smallest absolute Gasteiger partial charge is 0.259 e. The molecule has 0 saturated heterocycles. The summed E-state index contributed by atoms with van der Waals surface area (Å²) in [5.74, 6) is -0.368. The van der Waals surface area contributed by atoms with Gasteiger partial charge in [0, 0.05) is 22.0 Å². The number of ether oxygens (including phenoxy) is 1. The first-order chi connectivity index (χ1) is 13.9. The van der Waals surface area contributed by atoms with Crippen molar-refractivity contribution in [2.24, 2.45) is 0 Å². The molecule has 3 aromatic rings. The molecule has 0 atom stereocenters. The molecule has 0 radical (unpaired) electrons. The highest BCUT2D eigenvalue weighted by atomic mass is 35.5. The van der Waals surface area contributed by atoms with Crippen LogP contribution in [0.2, 0.25) is 10.0 Å². The van der Waals surface area contributed by atoms with E-state index in [0.29, 0.717) is 22.0 Å². The van der Waals surface area contributed by atoms with Gasteiger partial charge in [0.05, 0.1) is 17.7 Å². The van der Waals surface area contributed by atoms with Crippen molar-refractivity contribution < 1.29 is 14.3 Å². The Morgan fingerprint density at radius 1 is 0.897 bits per heavy atom. The van der Waals surface area contributed by atoms with Crippen LogP contribution in [0.1, 0.15) is 26.3 Å². The zero-order valence-corrected chi connectivity index (χ0v) is 17.3. The fraction of sp³-hybridized carbons (Fsp3) is 0.0909. The number of carbonyl (C=O) groups is 2. The Labute approximate surface area is 178 Å². The number of anilines is 2. The molecule has 0 unspecified atom stereocenters. The number of nitrogens with one attached hydrogen (secondary N) is 2. The van der Waals surface area contributed by atoms with Crippen LogP contribution in [-0.4, -0.2) is 18.9 Å². The zero-order chi connectivity index (χ0) is 21.0. The summed E-state index contributed by atoms with van der Waals surface area (Å²) >= 11 is 12.1. The summed E-state index contributed by atoms with van der Waals surface area (Å²) in [7, 11) is 1.43. The molecule has 0 aliphatic carbocycles. The number of hydrogen-bond acceptors (Lipinski definition) is 3. The van der Waals surface area contributed by atoms with Gasteiger partial charge in [-0.25, -0.2) is 0 Å². The molecule has 2 N–H and O–H groups in total. The number of benzene rings is 3. The third kappa shape index (κ3) is 4.88. The van der Waals surface area contributed by atoms with E-state index < -0.39 is 5.91 Å². The number of rotatable bonds is 5. The van der Waals surface area contributed by atoms with Crippen molar-refractivity contribution in [1.29, 1.82) is 0 Å². The van der Waals surface area contributed by atoms with E-state index in [4.69, 9.17) is 27.9 Å². The van der Waals surface area contributed by atoms with Crippen LogP contribution in [0.5, 0.6) is 5.75 Å². The molecule has 148 valence electrons. The standard InChI is InChI=1S/C22H18Cl2N2O3/c1-13-10-16(8-9-19(13)26-21(27)14-6-4-3-5-7-14)25-22(28)17-11-15(23)12-18(24)20(17)29-2/h3-12H,1-2H3,(H,25,28)(H,26,27). The van der Waals surface area contributed by atoms with Gasteiger partial charge in [0.1, 0.15) is 5.75 Å². The molecule has 0 bridgehead atoms. The van der Waals surface area contributed by atoms with Gasteiger partial charge in [0.25, 0.3) is 11.8 Å². The average Bonchev–Trinajstić information content (AvgIpc) is 2.70. The fourth-order valence-corrected chi connectivity index (χ4v) is 3.37. The van der Waals surface area contributed by atoms with Crippen LogP contribution < -0.4 is 15.4 Å². The predicted octanol–water partition coefficient (Wildman–Crippen LogP) is 5.82. The number of aryl methyl sites for hydroxylation is 1. The second-order valence-electron chi connectivity index (χ2n) is 6.27. The van der Waals surface area contributed by atoms with Crippen LogP contribution in [0, 0.1) is 6.92 Å². The first-order valence-electron chi connectivity index (χ1n) is 8.70. The van der Waals surface area contributed by atoms with E-state index >= 15 is 0 Å². The molecule has 0 saturated carbocycles. The van der Waals surface area contributed by atoms with Crippen LogP contribution >= 0.6 is 23.2 Å². The Morgan fingerprint density at radius 3 is 2.28 bits per heavy atom. The van der Waals surface area contributed by atoms with Gasteiger partial charge in [0.2, 0.25) is 0 Å². The maximum Gasteiger partial charge on any atom is 0.259 e. The highest BCUT2D eigenvalue weighted by Crippen LogP contribution is 2.33. The topological polar surface area (TPSA) is 67.4 Å². The first-order valence-corrected chi connectivity index (χ1v) is 9.46. The third-order valence-corrected chi connectivity index (χ3v) is 4.72. The minimum Gasteiger partial charge on any atom is -0.494 e. The van der Waals surface area contributed by atoms with Gasteiger partial charge in [0.15, 0.2) is 0 Å². The van der Waals surface area contributed by atoms with Crippen LogP contribution in [-0.2, 0) is 0 Å². The molecular weight excluding hydrogens is 411 g/mol. The van der Waals surface area contributed by atoms with Crippen LogP contribution in [0.4, 0.5) is 11.4 Å². The van der Waals surface area contributed by atoms with E-state index in [1.54, 1.807) is 42.5 Å². The maximum atomic E-state index is 12.7. The summed E-state index contributed by atoms with van der Waals surface area (Å²) in [5.41, 5.74) is 2.80. The van der Waals surface area contributed by atoms with Crippen molar-refractivity contribution in [3.05, 3.63) is 87.4 Å². The summed E-state index contributed by atoms with van der Waals surface area (Å²) < 4.78 is 5.22. The monoisotopic (exact) mass is 428 g/mol. The second kappa shape index (κ2) is 8.99. The minimum atomic E-state index is -0.410. The molecule has 0 spiro atoms. The molecule has 0 heterocycles. The van der Waals surface area contributed by atoms with Gasteiger partial charge in [-0.05, 0) is 55.0 Å². The molecule has 3 rings (SSSR count). The zero-order valence-electron chi connectivity index (χ0n) is 15.8. The summed E-state index contributed by atoms with van der Waals surface area (Å²) in [4.78, 5) is 25.0. The largest absolute Gasteiger partial charge is 0.494 e. The average molecular weight is 429 g/mol. The lowest BCUT2D eigenvalue weighted by atomic mass is 10.1. The number of methoxy groups -OCH3 is 1. The highest BCUT2D eigenvalue weighted by Gasteiger charge is 2.17. The Balaban J connectivity index is 1.77. The molecule has 0 fully saturated rings. The predicted molar refractivity (Wildman–Crippen MR) is 117 cm³/mol. The van der Waals surface area contributed by atoms with Crippen molar-refractivity contribution in [1.82, 2.24) is 0 Å². The van der Waals surface area contributed by atoms with Crippen molar-refractivity contribution >= 4 is 46.4 Å². The summed E-state index contributed by atoms with van der Waals surface area (Å²) in [6.45, 7) is 1.84. The van der Waals surface area contributed by atoms with Gasteiger partial charge in [-0.1, -0.05) is 41.4 Å². The summed E-state index contributed by atoms with van der Waals surface area (Å²) in [5, 5.41) is 6.24. The first kappa shape index (κ1) is 20.7. The SMILES string of the molecule is COc1c(Cl)cc(Cl)cc1C(=O)Nc1ccc(NC(=O)c2ccccc2)c(C)c1. The Hall–Kier alpha value is -3.02. The minimum absolute atomic E-state index is 0.205. The van der Waals surface area contributed by atoms with Crippen molar-refractivity contribution in [3.8, 4) is 5.75 Å². The number of amides is 2. The molecule has 0 aliphatic heterocycles. The van der Waals surface area contributed by atoms with E-state index in [9.17, 15) is 9.59 Å². The van der Waals surface area contributed by atoms with E-state index in [1.165, 1.54) is 19.2 Å². The van der Waals surface area contributed by atoms with Crippen molar-refractivity contribution in [2.75, 3.05) is 17.7 Å². The molecule has 2 amide bonds. The van der Waals surface area contributed by atoms with Crippen LogP contribution in [0.15, 0.2) is 60.7 Å². The number of halogens is 2. The Bertz CT molecular complexity index is 1070.